The van der Waals surface area contributed by atoms with Crippen LogP contribution in [-0.4, -0.2) is 44.0 Å². The number of nitrogens with zero attached hydrogens (tertiary/aromatic N) is 2. The van der Waals surface area contributed by atoms with Gasteiger partial charge < -0.3 is 24.4 Å². The van der Waals surface area contributed by atoms with Gasteiger partial charge in [0.1, 0.15) is 5.82 Å². The van der Waals surface area contributed by atoms with Gasteiger partial charge in [-0.25, -0.2) is 4.98 Å². The van der Waals surface area contributed by atoms with Crippen molar-refractivity contribution in [3.05, 3.63) is 47.7 Å². The summed E-state index contributed by atoms with van der Waals surface area (Å²) >= 11 is 0. The van der Waals surface area contributed by atoms with E-state index in [4.69, 9.17) is 14.2 Å². The number of morpholine rings is 1. The number of aromatic nitrogens is 1. The average Bonchev–Trinajstić information content (AvgIpc) is 3.16. The van der Waals surface area contributed by atoms with Crippen molar-refractivity contribution in [1.29, 1.82) is 0 Å². The molecule has 25 heavy (non-hydrogen) atoms. The maximum Gasteiger partial charge on any atom is 0.253 e. The molecule has 3 heterocycles. The fraction of sp³-hybridized carbons (Fsp3) is 0.333. The van der Waals surface area contributed by atoms with E-state index < -0.39 is 0 Å². The topological polar surface area (TPSA) is 72.9 Å². The third-order valence-electron chi connectivity index (χ3n) is 4.26. The highest BCUT2D eigenvalue weighted by molar-refractivity contribution is 5.94. The number of hydrogen-bond donors (Lipinski definition) is 1. The van der Waals surface area contributed by atoms with Gasteiger partial charge in [-0.1, -0.05) is 12.1 Å². The molecule has 1 fully saturated rings. The second-order valence-corrected chi connectivity index (χ2v) is 5.84. The van der Waals surface area contributed by atoms with Crippen molar-refractivity contribution in [3.63, 3.8) is 0 Å². The predicted molar refractivity (Wildman–Crippen MR) is 91.0 cm³/mol. The van der Waals surface area contributed by atoms with E-state index in [1.807, 2.05) is 24.3 Å². The Morgan fingerprint density at radius 1 is 1.16 bits per heavy atom. The van der Waals surface area contributed by atoms with Crippen molar-refractivity contribution >= 4 is 11.7 Å². The van der Waals surface area contributed by atoms with Crippen LogP contribution in [0.15, 0.2) is 36.5 Å². The highest BCUT2D eigenvalue weighted by atomic mass is 16.7. The lowest BCUT2D eigenvalue weighted by molar-refractivity contribution is 0.0950. The second kappa shape index (κ2) is 6.98. The molecule has 0 atom stereocenters. The maximum absolute atomic E-state index is 12.3. The smallest absolute Gasteiger partial charge is 0.253 e. The van der Waals surface area contributed by atoms with Crippen LogP contribution in [0.5, 0.6) is 11.5 Å². The number of hydrogen-bond acceptors (Lipinski definition) is 6. The number of carbonyl (C=O) groups excluding carboxylic acids is 1. The van der Waals surface area contributed by atoms with Gasteiger partial charge in [0.25, 0.3) is 5.91 Å². The summed E-state index contributed by atoms with van der Waals surface area (Å²) in [7, 11) is 0. The van der Waals surface area contributed by atoms with Gasteiger partial charge in [0.2, 0.25) is 6.79 Å². The Bertz CT molecular complexity index is 757. The number of ether oxygens (including phenoxy) is 3. The molecule has 0 unspecified atom stereocenters. The van der Waals surface area contributed by atoms with Crippen LogP contribution in [-0.2, 0) is 11.3 Å². The Morgan fingerprint density at radius 2 is 2.04 bits per heavy atom. The van der Waals surface area contributed by atoms with Crippen molar-refractivity contribution < 1.29 is 19.0 Å². The summed E-state index contributed by atoms with van der Waals surface area (Å²) in [5, 5.41) is 2.90. The Hall–Kier alpha value is -2.80. The summed E-state index contributed by atoms with van der Waals surface area (Å²) in [6.07, 6.45) is 1.61. The van der Waals surface area contributed by atoms with E-state index in [0.717, 1.165) is 24.5 Å². The van der Waals surface area contributed by atoms with Crippen molar-refractivity contribution in [1.82, 2.24) is 10.3 Å². The molecule has 0 saturated carbocycles. The zero-order valence-electron chi connectivity index (χ0n) is 13.7. The van der Waals surface area contributed by atoms with E-state index in [9.17, 15) is 4.79 Å². The van der Waals surface area contributed by atoms with E-state index in [1.165, 1.54) is 0 Å². The quantitative estimate of drug-likeness (QED) is 0.910. The zero-order valence-corrected chi connectivity index (χ0v) is 13.7. The number of benzene rings is 1. The number of pyridine rings is 1. The molecule has 7 nitrogen and oxygen atoms in total. The normalized spacial score (nSPS) is 15.9. The summed E-state index contributed by atoms with van der Waals surface area (Å²) in [5.41, 5.74) is 1.42. The molecule has 1 saturated heterocycles. The first-order valence-corrected chi connectivity index (χ1v) is 8.26. The minimum atomic E-state index is -0.169. The van der Waals surface area contributed by atoms with Crippen molar-refractivity contribution in [2.45, 2.75) is 6.54 Å². The van der Waals surface area contributed by atoms with Crippen LogP contribution in [0.2, 0.25) is 0 Å². The Labute approximate surface area is 145 Å². The van der Waals surface area contributed by atoms with E-state index in [1.54, 1.807) is 12.3 Å². The van der Waals surface area contributed by atoms with Crippen LogP contribution >= 0.6 is 0 Å². The molecule has 0 bridgehead atoms. The number of anilines is 1. The number of rotatable bonds is 4. The van der Waals surface area contributed by atoms with Crippen LogP contribution in [0, 0.1) is 0 Å². The molecular weight excluding hydrogens is 322 g/mol. The molecule has 2 aliphatic heterocycles. The van der Waals surface area contributed by atoms with Crippen LogP contribution in [0.1, 0.15) is 15.9 Å². The molecule has 1 amide bonds. The largest absolute Gasteiger partial charge is 0.454 e. The van der Waals surface area contributed by atoms with Gasteiger partial charge in [0.15, 0.2) is 11.5 Å². The highest BCUT2D eigenvalue weighted by Gasteiger charge is 2.18. The van der Waals surface area contributed by atoms with Crippen LogP contribution < -0.4 is 19.7 Å². The molecule has 0 radical (unpaired) electrons. The highest BCUT2D eigenvalue weighted by Crippen LogP contribution is 2.35. The first-order chi connectivity index (χ1) is 12.3. The molecule has 0 spiro atoms. The zero-order chi connectivity index (χ0) is 17.1. The SMILES string of the molecule is O=C(NCc1cccc2c1OCO2)c1ccc(N2CCOCC2)nc1. The first kappa shape index (κ1) is 15.7. The Morgan fingerprint density at radius 3 is 2.84 bits per heavy atom. The van der Waals surface area contributed by atoms with Gasteiger partial charge >= 0.3 is 0 Å². The summed E-state index contributed by atoms with van der Waals surface area (Å²) in [6, 6.07) is 9.31. The minimum absolute atomic E-state index is 0.169. The first-order valence-electron chi connectivity index (χ1n) is 8.26. The lowest BCUT2D eigenvalue weighted by Crippen LogP contribution is -2.36. The number of amides is 1. The van der Waals surface area contributed by atoms with Crippen molar-refractivity contribution in [2.75, 3.05) is 38.0 Å². The standard InChI is InChI=1S/C18H19N3O4/c22-18(20-10-13-2-1-3-15-17(13)25-12-24-15)14-4-5-16(19-11-14)21-6-8-23-9-7-21/h1-5,11H,6-10,12H2,(H,20,22). The third kappa shape index (κ3) is 3.36. The fourth-order valence-electron chi connectivity index (χ4n) is 2.91. The van der Waals surface area contributed by atoms with Crippen LogP contribution in [0.4, 0.5) is 5.82 Å². The predicted octanol–water partition coefficient (Wildman–Crippen LogP) is 1.58. The van der Waals surface area contributed by atoms with Crippen molar-refractivity contribution in [2.24, 2.45) is 0 Å². The van der Waals surface area contributed by atoms with E-state index in [0.29, 0.717) is 36.8 Å². The lowest BCUT2D eigenvalue weighted by atomic mass is 10.1. The number of carbonyl (C=O) groups is 1. The van der Waals surface area contributed by atoms with Gasteiger partial charge in [-0.05, 0) is 18.2 Å². The number of fused-ring (bicyclic) bond motifs is 1. The molecule has 1 aromatic carbocycles. The van der Waals surface area contributed by atoms with Gasteiger partial charge in [0.05, 0.1) is 18.8 Å². The fourth-order valence-corrected chi connectivity index (χ4v) is 2.91. The molecule has 4 rings (SSSR count). The Kier molecular flexibility index (Phi) is 4.39. The summed E-state index contributed by atoms with van der Waals surface area (Å²) < 4.78 is 16.1. The van der Waals surface area contributed by atoms with E-state index >= 15 is 0 Å². The number of nitrogens with one attached hydrogen (secondary N) is 1. The monoisotopic (exact) mass is 341 g/mol. The summed E-state index contributed by atoms with van der Waals surface area (Å²) in [6.45, 7) is 3.64. The molecule has 2 aromatic rings. The summed E-state index contributed by atoms with van der Waals surface area (Å²) in [4.78, 5) is 18.9. The van der Waals surface area contributed by atoms with Gasteiger partial charge in [0, 0.05) is 31.4 Å². The van der Waals surface area contributed by atoms with Gasteiger partial charge in [-0.15, -0.1) is 0 Å². The Balaban J connectivity index is 1.39. The molecule has 1 N–H and O–H groups in total. The lowest BCUT2D eigenvalue weighted by Gasteiger charge is -2.27. The summed E-state index contributed by atoms with van der Waals surface area (Å²) in [5.74, 6) is 2.11. The van der Waals surface area contributed by atoms with Crippen LogP contribution in [0.25, 0.3) is 0 Å². The molecule has 130 valence electrons. The molecular formula is C18H19N3O4. The molecule has 7 heteroatoms. The van der Waals surface area contributed by atoms with Gasteiger partial charge in [-0.3, -0.25) is 4.79 Å². The van der Waals surface area contributed by atoms with Crippen LogP contribution in [0.3, 0.4) is 0 Å². The third-order valence-corrected chi connectivity index (χ3v) is 4.26. The van der Waals surface area contributed by atoms with E-state index in [-0.39, 0.29) is 12.7 Å². The number of para-hydroxylation sites is 1. The van der Waals surface area contributed by atoms with Crippen molar-refractivity contribution in [3.8, 4) is 11.5 Å². The second-order valence-electron chi connectivity index (χ2n) is 5.84. The maximum atomic E-state index is 12.3. The van der Waals surface area contributed by atoms with E-state index in [2.05, 4.69) is 15.2 Å². The average molecular weight is 341 g/mol. The minimum Gasteiger partial charge on any atom is -0.454 e. The van der Waals surface area contributed by atoms with Gasteiger partial charge in [-0.2, -0.15) is 0 Å². The molecule has 2 aliphatic rings. The molecule has 1 aromatic heterocycles. The molecule has 0 aliphatic carbocycles.